The zero-order valence-electron chi connectivity index (χ0n) is 12.4. The minimum Gasteiger partial charge on any atom is -0.507 e. The van der Waals surface area contributed by atoms with Crippen molar-refractivity contribution in [3.63, 3.8) is 0 Å². The molecule has 0 unspecified atom stereocenters. The normalized spacial score (nSPS) is 15.8. The Hall–Kier alpha value is -2.23. The second-order valence-corrected chi connectivity index (χ2v) is 5.89. The summed E-state index contributed by atoms with van der Waals surface area (Å²) in [4.78, 5) is 11.8. The van der Waals surface area contributed by atoms with Crippen molar-refractivity contribution >= 4 is 17.0 Å². The number of aromatic hydroxyl groups is 1. The fourth-order valence-electron chi connectivity index (χ4n) is 2.71. The van der Waals surface area contributed by atoms with E-state index >= 15 is 0 Å². The van der Waals surface area contributed by atoms with E-state index in [4.69, 9.17) is 9.15 Å². The highest BCUT2D eigenvalue weighted by Crippen LogP contribution is 2.41. The molecular weight excluding hydrogens is 268 g/mol. The maximum Gasteiger partial charge on any atom is 0.336 e. The van der Waals surface area contributed by atoms with Crippen molar-refractivity contribution in [1.29, 1.82) is 0 Å². The van der Waals surface area contributed by atoms with E-state index in [0.717, 1.165) is 12.0 Å². The van der Waals surface area contributed by atoms with Gasteiger partial charge in [0, 0.05) is 12.1 Å². The quantitative estimate of drug-likeness (QED) is 0.856. The largest absolute Gasteiger partial charge is 0.507 e. The van der Waals surface area contributed by atoms with Gasteiger partial charge in [-0.15, -0.1) is 0 Å². The lowest BCUT2D eigenvalue weighted by Gasteiger charge is -2.28. The Morgan fingerprint density at radius 3 is 2.76 bits per heavy atom. The van der Waals surface area contributed by atoms with Crippen LogP contribution >= 0.6 is 0 Å². The van der Waals surface area contributed by atoms with E-state index in [9.17, 15) is 9.90 Å². The van der Waals surface area contributed by atoms with E-state index in [2.05, 4.69) is 0 Å². The summed E-state index contributed by atoms with van der Waals surface area (Å²) in [5.74, 6) is 0.617. The van der Waals surface area contributed by atoms with Gasteiger partial charge in [-0.05, 0) is 38.0 Å². The molecule has 0 spiro atoms. The Labute approximate surface area is 122 Å². The van der Waals surface area contributed by atoms with Crippen LogP contribution in [0.1, 0.15) is 38.3 Å². The van der Waals surface area contributed by atoms with E-state index in [1.54, 1.807) is 6.07 Å². The summed E-state index contributed by atoms with van der Waals surface area (Å²) in [5, 5.41) is 10.9. The van der Waals surface area contributed by atoms with Crippen LogP contribution in [-0.4, -0.2) is 10.7 Å². The predicted octanol–water partition coefficient (Wildman–Crippen LogP) is 3.64. The van der Waals surface area contributed by atoms with Crippen LogP contribution in [0.15, 0.2) is 27.4 Å². The van der Waals surface area contributed by atoms with E-state index in [0.29, 0.717) is 28.7 Å². The van der Waals surface area contributed by atoms with Crippen LogP contribution in [-0.2, 0) is 6.42 Å². The number of benzene rings is 1. The van der Waals surface area contributed by atoms with Crippen LogP contribution < -0.4 is 10.4 Å². The van der Waals surface area contributed by atoms with Gasteiger partial charge in [0.1, 0.15) is 17.1 Å². The molecule has 0 fully saturated rings. The average molecular weight is 286 g/mol. The van der Waals surface area contributed by atoms with Gasteiger partial charge in [0.25, 0.3) is 0 Å². The Kier molecular flexibility index (Phi) is 3.04. The summed E-state index contributed by atoms with van der Waals surface area (Å²) >= 11 is 0. The van der Waals surface area contributed by atoms with Crippen LogP contribution in [0.2, 0.25) is 0 Å². The molecular formula is C17H18O4. The summed E-state index contributed by atoms with van der Waals surface area (Å²) in [6.07, 6.45) is 5.40. The van der Waals surface area contributed by atoms with Gasteiger partial charge in [-0.3, -0.25) is 0 Å². The highest BCUT2D eigenvalue weighted by molar-refractivity contribution is 5.95. The fraction of sp³-hybridized carbons (Fsp3) is 0.353. The van der Waals surface area contributed by atoms with E-state index in [1.807, 2.05) is 32.9 Å². The summed E-state index contributed by atoms with van der Waals surface area (Å²) in [6, 6.07) is 3.05. The average Bonchev–Trinajstić information content (AvgIpc) is 2.36. The van der Waals surface area contributed by atoms with Crippen LogP contribution in [0.4, 0.5) is 0 Å². The lowest BCUT2D eigenvalue weighted by molar-refractivity contribution is 0.158. The first-order valence-electron chi connectivity index (χ1n) is 7.12. The van der Waals surface area contributed by atoms with Gasteiger partial charge in [0.2, 0.25) is 0 Å². The van der Waals surface area contributed by atoms with Crippen molar-refractivity contribution in [3.05, 3.63) is 39.8 Å². The fourth-order valence-corrected chi connectivity index (χ4v) is 2.71. The molecule has 1 aromatic carbocycles. The highest BCUT2D eigenvalue weighted by atomic mass is 16.5. The molecule has 1 aromatic heterocycles. The molecule has 1 N–H and O–H groups in total. The van der Waals surface area contributed by atoms with Gasteiger partial charge in [-0.25, -0.2) is 4.79 Å². The number of phenols is 1. The molecule has 110 valence electrons. The molecule has 0 radical (unpaired) electrons. The van der Waals surface area contributed by atoms with Crippen LogP contribution in [0.5, 0.6) is 11.5 Å². The highest BCUT2D eigenvalue weighted by Gasteiger charge is 2.26. The topological polar surface area (TPSA) is 59.7 Å². The third-order valence-electron chi connectivity index (χ3n) is 3.62. The van der Waals surface area contributed by atoms with Gasteiger partial charge in [-0.2, -0.15) is 0 Å². The third-order valence-corrected chi connectivity index (χ3v) is 3.62. The molecule has 1 aliphatic rings. The first-order chi connectivity index (χ1) is 9.91. The lowest BCUT2D eigenvalue weighted by atomic mass is 9.97. The minimum absolute atomic E-state index is 0.0852. The number of ether oxygens (including phenoxy) is 1. The van der Waals surface area contributed by atoms with E-state index in [-0.39, 0.29) is 5.75 Å². The lowest BCUT2D eigenvalue weighted by Crippen LogP contribution is -2.27. The maximum atomic E-state index is 11.8. The second-order valence-electron chi connectivity index (χ2n) is 5.89. The van der Waals surface area contributed by atoms with Crippen molar-refractivity contribution in [1.82, 2.24) is 0 Å². The monoisotopic (exact) mass is 286 g/mol. The predicted molar refractivity (Wildman–Crippen MR) is 81.9 cm³/mol. The number of phenolic OH excluding ortho intramolecular Hbond substituents is 1. The number of hydrogen-bond acceptors (Lipinski definition) is 4. The molecule has 21 heavy (non-hydrogen) atoms. The molecule has 2 aromatic rings. The minimum atomic E-state index is -0.450. The van der Waals surface area contributed by atoms with Crippen LogP contribution in [0.25, 0.3) is 17.0 Å². The summed E-state index contributed by atoms with van der Waals surface area (Å²) in [6.45, 7) is 5.89. The van der Waals surface area contributed by atoms with Gasteiger partial charge in [0.15, 0.2) is 5.58 Å². The maximum absolute atomic E-state index is 11.8. The van der Waals surface area contributed by atoms with Crippen LogP contribution in [0, 0.1) is 0 Å². The molecule has 1 aliphatic heterocycles. The number of aryl methyl sites for hydroxylation is 1. The van der Waals surface area contributed by atoms with Gasteiger partial charge >= 0.3 is 5.63 Å². The third kappa shape index (κ3) is 2.31. The molecule has 0 atom stereocenters. The molecule has 0 amide bonds. The molecule has 0 bridgehead atoms. The Bertz CT molecular complexity index is 797. The number of hydrogen-bond donors (Lipinski definition) is 1. The second kappa shape index (κ2) is 4.65. The van der Waals surface area contributed by atoms with Crippen molar-refractivity contribution in [2.75, 3.05) is 0 Å². The summed E-state index contributed by atoms with van der Waals surface area (Å²) in [5.41, 5.74) is 1.05. The molecule has 0 saturated heterocycles. The Morgan fingerprint density at radius 1 is 1.29 bits per heavy atom. The first-order valence-corrected chi connectivity index (χ1v) is 7.12. The summed E-state index contributed by atoms with van der Waals surface area (Å²) < 4.78 is 11.2. The summed E-state index contributed by atoms with van der Waals surface area (Å²) in [7, 11) is 0. The number of rotatable bonds is 2. The molecule has 0 saturated carbocycles. The van der Waals surface area contributed by atoms with Gasteiger partial charge in [-0.1, -0.05) is 13.3 Å². The first kappa shape index (κ1) is 13.7. The van der Waals surface area contributed by atoms with Crippen molar-refractivity contribution < 1.29 is 14.3 Å². The van der Waals surface area contributed by atoms with Crippen molar-refractivity contribution in [2.45, 2.75) is 39.2 Å². The zero-order chi connectivity index (χ0) is 15.2. The molecule has 4 heteroatoms. The SMILES string of the molecule is CCCc1cc(=O)oc2c3c(cc(O)c12)OC(C)(C)C=C3. The molecule has 2 heterocycles. The smallest absolute Gasteiger partial charge is 0.336 e. The van der Waals surface area contributed by atoms with E-state index < -0.39 is 11.2 Å². The number of fused-ring (bicyclic) bond motifs is 3. The van der Waals surface area contributed by atoms with E-state index in [1.165, 1.54) is 6.07 Å². The Balaban J connectivity index is 2.37. The Morgan fingerprint density at radius 2 is 2.05 bits per heavy atom. The van der Waals surface area contributed by atoms with Gasteiger partial charge in [0.05, 0.1) is 10.9 Å². The van der Waals surface area contributed by atoms with Crippen molar-refractivity contribution in [3.8, 4) is 11.5 Å². The van der Waals surface area contributed by atoms with Crippen LogP contribution in [0.3, 0.4) is 0 Å². The molecule has 4 nitrogen and oxygen atoms in total. The molecule has 0 aliphatic carbocycles. The van der Waals surface area contributed by atoms with Gasteiger partial charge < -0.3 is 14.3 Å². The standard InChI is InChI=1S/C17H18O4/c1-4-5-10-8-14(19)20-16-11-6-7-17(2,3)21-13(11)9-12(18)15(10)16/h6-9,18H,4-5H2,1-3H3. The molecule has 3 rings (SSSR count). The van der Waals surface area contributed by atoms with Crippen molar-refractivity contribution in [2.24, 2.45) is 0 Å². The zero-order valence-corrected chi connectivity index (χ0v) is 12.4.